The van der Waals surface area contributed by atoms with Gasteiger partial charge >= 0.3 is 0 Å². The molecule has 132 valence electrons. The molecular weight excluding hydrogens is 362 g/mol. The van der Waals surface area contributed by atoms with Gasteiger partial charge in [0.1, 0.15) is 0 Å². The highest BCUT2D eigenvalue weighted by Crippen LogP contribution is 2.29. The van der Waals surface area contributed by atoms with Crippen LogP contribution in [0.2, 0.25) is 0 Å². The minimum Gasteiger partial charge on any atom is -0.339 e. The van der Waals surface area contributed by atoms with Crippen LogP contribution in [0.1, 0.15) is 26.2 Å². The zero-order chi connectivity index (χ0) is 16.1. The number of hydrogen-bond acceptors (Lipinski definition) is 5. The number of thioether (sulfide) groups is 1. The van der Waals surface area contributed by atoms with Crippen molar-refractivity contribution < 1.29 is 4.79 Å². The second-order valence-corrected chi connectivity index (χ2v) is 8.06. The van der Waals surface area contributed by atoms with E-state index in [9.17, 15) is 4.79 Å². The smallest absolute Gasteiger partial charge is 0.233 e. The van der Waals surface area contributed by atoms with Gasteiger partial charge in [0, 0.05) is 12.6 Å². The summed E-state index contributed by atoms with van der Waals surface area (Å²) in [5.41, 5.74) is 1.02. The molecule has 0 bridgehead atoms. The average Bonchev–Trinajstić information content (AvgIpc) is 3.01. The summed E-state index contributed by atoms with van der Waals surface area (Å²) < 4.78 is 2.17. The van der Waals surface area contributed by atoms with Crippen LogP contribution < -0.4 is 5.32 Å². The van der Waals surface area contributed by atoms with E-state index in [1.165, 1.54) is 4.70 Å². The lowest BCUT2D eigenvalue weighted by molar-refractivity contribution is -0.131. The van der Waals surface area contributed by atoms with E-state index in [2.05, 4.69) is 28.2 Å². The van der Waals surface area contributed by atoms with Crippen molar-refractivity contribution in [2.45, 2.75) is 36.6 Å². The Labute approximate surface area is 157 Å². The molecule has 1 aliphatic heterocycles. The van der Waals surface area contributed by atoms with Crippen LogP contribution in [0.3, 0.4) is 0 Å². The lowest BCUT2D eigenvalue weighted by atomic mass is 10.0. The Morgan fingerprint density at radius 3 is 2.83 bits per heavy atom. The molecular formula is C17H24ClN3OS2. The second kappa shape index (κ2) is 9.61. The highest BCUT2D eigenvalue weighted by Gasteiger charge is 2.24. The van der Waals surface area contributed by atoms with Crippen LogP contribution in [-0.2, 0) is 4.79 Å². The molecule has 0 aliphatic carbocycles. The van der Waals surface area contributed by atoms with Crippen molar-refractivity contribution in [2.24, 2.45) is 0 Å². The van der Waals surface area contributed by atoms with Gasteiger partial charge in [0.2, 0.25) is 5.91 Å². The van der Waals surface area contributed by atoms with Gasteiger partial charge in [-0.15, -0.1) is 23.7 Å². The lowest BCUT2D eigenvalue weighted by Crippen LogP contribution is -2.47. The average molecular weight is 386 g/mol. The quantitative estimate of drug-likeness (QED) is 0.768. The number of benzene rings is 1. The maximum absolute atomic E-state index is 12.7. The number of carbonyl (C=O) groups excluding carboxylic acids is 1. The number of fused-ring (bicyclic) bond motifs is 1. The van der Waals surface area contributed by atoms with Gasteiger partial charge in [-0.05, 0) is 44.5 Å². The normalized spacial score (nSPS) is 15.2. The maximum atomic E-state index is 12.7. The zero-order valence-electron chi connectivity index (χ0n) is 13.9. The van der Waals surface area contributed by atoms with Crippen molar-refractivity contribution in [1.82, 2.24) is 15.2 Å². The van der Waals surface area contributed by atoms with Crippen LogP contribution in [0.25, 0.3) is 10.2 Å². The minimum atomic E-state index is 0. The number of rotatable bonds is 6. The number of carbonyl (C=O) groups is 1. The Kier molecular flexibility index (Phi) is 7.81. The molecule has 24 heavy (non-hydrogen) atoms. The van der Waals surface area contributed by atoms with Crippen molar-refractivity contribution in [3.05, 3.63) is 24.3 Å². The summed E-state index contributed by atoms with van der Waals surface area (Å²) in [6.45, 7) is 5.04. The molecule has 1 aromatic heterocycles. The summed E-state index contributed by atoms with van der Waals surface area (Å²) in [6, 6.07) is 8.54. The molecule has 2 heterocycles. The van der Waals surface area contributed by atoms with Gasteiger partial charge in [-0.2, -0.15) is 0 Å². The van der Waals surface area contributed by atoms with Crippen LogP contribution in [0.4, 0.5) is 0 Å². The number of amides is 1. The monoisotopic (exact) mass is 385 g/mol. The topological polar surface area (TPSA) is 45.2 Å². The molecule has 1 saturated heterocycles. The third-order valence-electron chi connectivity index (χ3n) is 4.13. The minimum absolute atomic E-state index is 0. The Balaban J connectivity index is 0.00000208. The lowest BCUT2D eigenvalue weighted by Gasteiger charge is -2.34. The van der Waals surface area contributed by atoms with Crippen molar-refractivity contribution in [1.29, 1.82) is 0 Å². The first-order chi connectivity index (χ1) is 11.3. The summed E-state index contributed by atoms with van der Waals surface area (Å²) in [4.78, 5) is 19.4. The molecule has 1 N–H and O–H groups in total. The highest BCUT2D eigenvalue weighted by atomic mass is 35.5. The number of hydrogen-bond donors (Lipinski definition) is 1. The standard InChI is InChI=1S/C17H23N3OS2.ClH/c1-2-11-20(13-7-9-18-10-8-13)16(21)12-22-17-19-14-5-3-4-6-15(14)23-17;/h3-6,13,18H,2,7-12H2,1H3;1H. The van der Waals surface area contributed by atoms with E-state index >= 15 is 0 Å². The van der Waals surface area contributed by atoms with E-state index in [0.29, 0.717) is 11.8 Å². The molecule has 0 unspecified atom stereocenters. The molecule has 1 amide bonds. The van der Waals surface area contributed by atoms with E-state index in [1.807, 2.05) is 18.2 Å². The van der Waals surface area contributed by atoms with E-state index < -0.39 is 0 Å². The number of nitrogens with one attached hydrogen (secondary N) is 1. The fraction of sp³-hybridized carbons (Fsp3) is 0.529. The fourth-order valence-electron chi connectivity index (χ4n) is 2.99. The number of halogens is 1. The molecule has 0 saturated carbocycles. The fourth-order valence-corrected chi connectivity index (χ4v) is 4.94. The molecule has 1 fully saturated rings. The van der Waals surface area contributed by atoms with Gasteiger partial charge in [-0.25, -0.2) is 4.98 Å². The molecule has 2 aromatic rings. The second-order valence-electron chi connectivity index (χ2n) is 5.80. The van der Waals surface area contributed by atoms with Crippen LogP contribution in [-0.4, -0.2) is 47.2 Å². The Hall–Kier alpha value is -0.820. The van der Waals surface area contributed by atoms with Crippen LogP contribution in [0.5, 0.6) is 0 Å². The van der Waals surface area contributed by atoms with Crippen molar-refractivity contribution >= 4 is 51.6 Å². The number of nitrogens with zero attached hydrogens (tertiary/aromatic N) is 2. The third kappa shape index (κ3) is 4.85. The number of aromatic nitrogens is 1. The number of para-hydroxylation sites is 1. The van der Waals surface area contributed by atoms with Crippen LogP contribution in [0.15, 0.2) is 28.6 Å². The predicted octanol–water partition coefficient (Wildman–Crippen LogP) is 3.80. The van der Waals surface area contributed by atoms with E-state index in [0.717, 1.165) is 48.8 Å². The molecule has 3 rings (SSSR count). The number of piperidine rings is 1. The molecule has 4 nitrogen and oxygen atoms in total. The molecule has 0 spiro atoms. The van der Waals surface area contributed by atoms with Crippen molar-refractivity contribution in [3.63, 3.8) is 0 Å². The van der Waals surface area contributed by atoms with Gasteiger partial charge in [0.05, 0.1) is 16.0 Å². The van der Waals surface area contributed by atoms with Gasteiger partial charge in [0.25, 0.3) is 0 Å². The van der Waals surface area contributed by atoms with E-state index in [1.54, 1.807) is 23.1 Å². The summed E-state index contributed by atoms with van der Waals surface area (Å²) in [5, 5.41) is 3.37. The summed E-state index contributed by atoms with van der Waals surface area (Å²) in [5.74, 6) is 0.743. The maximum Gasteiger partial charge on any atom is 0.233 e. The number of thiazole rings is 1. The summed E-state index contributed by atoms with van der Waals surface area (Å²) >= 11 is 3.24. The highest BCUT2D eigenvalue weighted by molar-refractivity contribution is 8.01. The van der Waals surface area contributed by atoms with Gasteiger partial charge in [-0.3, -0.25) is 4.79 Å². The summed E-state index contributed by atoms with van der Waals surface area (Å²) in [6.07, 6.45) is 3.15. The predicted molar refractivity (Wildman–Crippen MR) is 105 cm³/mol. The van der Waals surface area contributed by atoms with E-state index in [-0.39, 0.29) is 18.3 Å². The first-order valence-electron chi connectivity index (χ1n) is 8.26. The van der Waals surface area contributed by atoms with Crippen LogP contribution in [0, 0.1) is 0 Å². The molecule has 7 heteroatoms. The zero-order valence-corrected chi connectivity index (χ0v) is 16.3. The molecule has 1 aromatic carbocycles. The van der Waals surface area contributed by atoms with E-state index in [4.69, 9.17) is 0 Å². The summed E-state index contributed by atoms with van der Waals surface area (Å²) in [7, 11) is 0. The third-order valence-corrected chi connectivity index (χ3v) is 6.29. The van der Waals surface area contributed by atoms with Crippen molar-refractivity contribution in [3.8, 4) is 0 Å². The molecule has 0 atom stereocenters. The molecule has 0 radical (unpaired) electrons. The first-order valence-corrected chi connectivity index (χ1v) is 10.1. The van der Waals surface area contributed by atoms with Crippen molar-refractivity contribution in [2.75, 3.05) is 25.4 Å². The van der Waals surface area contributed by atoms with Crippen LogP contribution >= 0.6 is 35.5 Å². The van der Waals surface area contributed by atoms with Gasteiger partial charge < -0.3 is 10.2 Å². The Morgan fingerprint density at radius 2 is 2.12 bits per heavy atom. The Morgan fingerprint density at radius 1 is 1.38 bits per heavy atom. The molecule has 1 aliphatic rings. The SMILES string of the molecule is CCCN(C(=O)CSc1nc2ccccc2s1)C1CCNCC1.Cl. The van der Waals surface area contributed by atoms with Gasteiger partial charge in [-0.1, -0.05) is 30.8 Å². The first kappa shape index (κ1) is 19.5. The Bertz CT molecular complexity index is 625. The van der Waals surface area contributed by atoms with Gasteiger partial charge in [0.15, 0.2) is 4.34 Å². The largest absolute Gasteiger partial charge is 0.339 e.